The molecule has 0 aliphatic heterocycles. The van der Waals surface area contributed by atoms with E-state index in [1.807, 2.05) is 0 Å². The molecule has 0 aromatic heterocycles. The van der Waals surface area contributed by atoms with Gasteiger partial charge in [0.1, 0.15) is 0 Å². The van der Waals surface area contributed by atoms with E-state index in [1.165, 1.54) is 25.7 Å². The van der Waals surface area contributed by atoms with Crippen LogP contribution in [-0.4, -0.2) is 18.4 Å². The molecule has 0 heterocycles. The topological polar surface area (TPSA) is 54.0 Å². The van der Waals surface area contributed by atoms with Crippen LogP contribution < -0.4 is 0 Å². The van der Waals surface area contributed by atoms with Gasteiger partial charge in [-0.05, 0) is 32.2 Å². The Bertz CT molecular complexity index is 210. The Morgan fingerprint density at radius 1 is 1.00 bits per heavy atom. The molecule has 18 heavy (non-hydrogen) atoms. The summed E-state index contributed by atoms with van der Waals surface area (Å²) in [4.78, 5) is 20.0. The number of carbonyl (C=O) groups is 1. The highest BCUT2D eigenvalue weighted by atomic mass is 17.5. The summed E-state index contributed by atoms with van der Waals surface area (Å²) in [6.45, 7) is 7.86. The van der Waals surface area contributed by atoms with E-state index >= 15 is 0 Å². The summed E-state index contributed by atoms with van der Waals surface area (Å²) >= 11 is 0. The summed E-state index contributed by atoms with van der Waals surface area (Å²) in [5.41, 5.74) is -0.528. The van der Waals surface area contributed by atoms with Crippen molar-refractivity contribution in [2.24, 2.45) is 0 Å². The van der Waals surface area contributed by atoms with Gasteiger partial charge in [-0.15, -0.1) is 0 Å². The van der Waals surface area contributed by atoms with E-state index in [1.54, 1.807) is 20.8 Å². The second-order valence-electron chi connectivity index (χ2n) is 5.21. The first-order valence-electron chi connectivity index (χ1n) is 6.65. The van der Waals surface area contributed by atoms with Gasteiger partial charge in [0.2, 0.25) is 0 Å². The maximum atomic E-state index is 11.0. The van der Waals surface area contributed by atoms with Gasteiger partial charge in [-0.2, -0.15) is 4.89 Å². The van der Waals surface area contributed by atoms with E-state index in [4.69, 9.17) is 9.62 Å². The normalized spacial score (nSPS) is 11.3. The molecule has 0 spiro atoms. The van der Waals surface area contributed by atoms with Crippen LogP contribution in [0.4, 0.5) is 4.79 Å². The molecule has 0 aromatic carbocycles. The van der Waals surface area contributed by atoms with Crippen LogP contribution >= 0.6 is 0 Å². The lowest BCUT2D eigenvalue weighted by atomic mass is 10.1. The predicted octanol–water partition coefficient (Wildman–Crippen LogP) is 4.16. The molecule has 0 amide bonds. The molecule has 0 aliphatic rings. The summed E-state index contributed by atoms with van der Waals surface area (Å²) in [5, 5.41) is 4.30. The van der Waals surface area contributed by atoms with Gasteiger partial charge in [-0.3, -0.25) is 0 Å². The summed E-state index contributed by atoms with van der Waals surface area (Å²) < 4.78 is 4.80. The molecule has 0 fully saturated rings. The number of carbonyl (C=O) groups excluding carboxylic acids is 1. The molecule has 5 heteroatoms. The van der Waals surface area contributed by atoms with Crippen molar-refractivity contribution in [3.63, 3.8) is 0 Å². The maximum absolute atomic E-state index is 11.0. The molecule has 0 aromatic rings. The highest BCUT2D eigenvalue weighted by Gasteiger charge is 2.14. The van der Waals surface area contributed by atoms with Gasteiger partial charge in [0.05, 0.1) is 12.2 Å². The van der Waals surface area contributed by atoms with Gasteiger partial charge in [-0.1, -0.05) is 39.0 Å². The van der Waals surface area contributed by atoms with Gasteiger partial charge in [0, 0.05) is 0 Å². The predicted molar refractivity (Wildman–Crippen MR) is 67.7 cm³/mol. The minimum absolute atomic E-state index is 0.351. The van der Waals surface area contributed by atoms with Crippen LogP contribution in [0.2, 0.25) is 0 Å². The zero-order valence-electron chi connectivity index (χ0n) is 12.0. The second kappa shape index (κ2) is 10.1. The lowest BCUT2D eigenvalue weighted by Crippen LogP contribution is -2.21. The van der Waals surface area contributed by atoms with Crippen molar-refractivity contribution in [2.45, 2.75) is 71.8 Å². The molecule has 108 valence electrons. The fourth-order valence-corrected chi connectivity index (χ4v) is 1.21. The van der Waals surface area contributed by atoms with E-state index < -0.39 is 11.8 Å². The third-order valence-electron chi connectivity index (χ3n) is 2.10. The van der Waals surface area contributed by atoms with Crippen LogP contribution in [0.15, 0.2) is 0 Å². The van der Waals surface area contributed by atoms with Gasteiger partial charge in [0.25, 0.3) is 0 Å². The summed E-state index contributed by atoms with van der Waals surface area (Å²) in [5.74, 6) is 0. The maximum Gasteiger partial charge on any atom is 0.542 e. The smallest absolute Gasteiger partial charge is 0.432 e. The molecule has 0 aliphatic carbocycles. The second-order valence-corrected chi connectivity index (χ2v) is 5.21. The van der Waals surface area contributed by atoms with Crippen molar-refractivity contribution in [1.29, 1.82) is 0 Å². The first-order chi connectivity index (χ1) is 8.45. The molecule has 0 saturated heterocycles. The molecule has 0 unspecified atom stereocenters. The third-order valence-corrected chi connectivity index (χ3v) is 2.10. The van der Waals surface area contributed by atoms with Crippen LogP contribution in [0.3, 0.4) is 0 Å². The standard InChI is InChI=1S/C13H26O5/c1-5-6-7-8-9-10-11-15-12(14)16-18-17-13(2,3)4/h5-11H2,1-4H3. The quantitative estimate of drug-likeness (QED) is 0.270. The van der Waals surface area contributed by atoms with Crippen molar-refractivity contribution in [3.05, 3.63) is 0 Å². The molecule has 0 saturated carbocycles. The first kappa shape index (κ1) is 17.2. The Hall–Kier alpha value is -0.810. The van der Waals surface area contributed by atoms with Gasteiger partial charge in [-0.25, -0.2) is 9.68 Å². The fraction of sp³-hybridized carbons (Fsp3) is 0.923. The molecular formula is C13H26O5. The van der Waals surface area contributed by atoms with E-state index in [0.717, 1.165) is 12.8 Å². The minimum Gasteiger partial charge on any atom is -0.432 e. The van der Waals surface area contributed by atoms with Crippen LogP contribution in [0.5, 0.6) is 0 Å². The first-order valence-corrected chi connectivity index (χ1v) is 6.65. The SMILES string of the molecule is CCCCCCCCOC(=O)OOOC(C)(C)C. The average Bonchev–Trinajstić information content (AvgIpc) is 2.26. The number of rotatable bonds is 9. The van der Waals surface area contributed by atoms with Crippen molar-refractivity contribution >= 4 is 6.16 Å². The highest BCUT2D eigenvalue weighted by molar-refractivity contribution is 5.58. The Kier molecular flexibility index (Phi) is 9.69. The fourth-order valence-electron chi connectivity index (χ4n) is 1.21. The van der Waals surface area contributed by atoms with E-state index in [-0.39, 0.29) is 0 Å². The average molecular weight is 262 g/mol. The monoisotopic (exact) mass is 262 g/mol. The third kappa shape index (κ3) is 13.3. The number of hydrogen-bond donors (Lipinski definition) is 0. The molecule has 0 bridgehead atoms. The van der Waals surface area contributed by atoms with Crippen LogP contribution in [0, 0.1) is 0 Å². The molecule has 0 atom stereocenters. The molecule has 0 N–H and O–H groups in total. The van der Waals surface area contributed by atoms with Crippen molar-refractivity contribution in [1.82, 2.24) is 0 Å². The van der Waals surface area contributed by atoms with E-state index in [2.05, 4.69) is 16.8 Å². The van der Waals surface area contributed by atoms with Crippen molar-refractivity contribution < 1.29 is 24.3 Å². The summed E-state index contributed by atoms with van der Waals surface area (Å²) in [7, 11) is 0. The summed E-state index contributed by atoms with van der Waals surface area (Å²) in [6, 6.07) is 0. The lowest BCUT2D eigenvalue weighted by molar-refractivity contribution is -0.514. The van der Waals surface area contributed by atoms with Gasteiger partial charge < -0.3 is 4.74 Å². The highest BCUT2D eigenvalue weighted by Crippen LogP contribution is 2.08. The number of unbranched alkanes of at least 4 members (excludes halogenated alkanes) is 5. The number of ether oxygens (including phenoxy) is 1. The zero-order chi connectivity index (χ0) is 13.9. The minimum atomic E-state index is -0.868. The van der Waals surface area contributed by atoms with Crippen LogP contribution in [-0.2, 0) is 19.6 Å². The van der Waals surface area contributed by atoms with Gasteiger partial charge >= 0.3 is 6.16 Å². The number of hydrogen-bond acceptors (Lipinski definition) is 5. The Labute approximate surface area is 110 Å². The van der Waals surface area contributed by atoms with Crippen LogP contribution in [0.25, 0.3) is 0 Å². The zero-order valence-corrected chi connectivity index (χ0v) is 12.0. The van der Waals surface area contributed by atoms with E-state index in [9.17, 15) is 4.79 Å². The molecular weight excluding hydrogens is 236 g/mol. The van der Waals surface area contributed by atoms with E-state index in [0.29, 0.717) is 6.61 Å². The molecule has 5 nitrogen and oxygen atoms in total. The Morgan fingerprint density at radius 2 is 1.61 bits per heavy atom. The van der Waals surface area contributed by atoms with Crippen LogP contribution in [0.1, 0.15) is 66.2 Å². The van der Waals surface area contributed by atoms with Gasteiger partial charge in [0.15, 0.2) is 0 Å². The van der Waals surface area contributed by atoms with Crippen molar-refractivity contribution in [2.75, 3.05) is 6.61 Å². The molecule has 0 radical (unpaired) electrons. The largest absolute Gasteiger partial charge is 0.542 e. The molecule has 0 rings (SSSR count). The lowest BCUT2D eigenvalue weighted by Gasteiger charge is -2.15. The van der Waals surface area contributed by atoms with Crippen molar-refractivity contribution in [3.8, 4) is 0 Å². The Morgan fingerprint density at radius 3 is 2.22 bits per heavy atom. The Balaban J connectivity index is 3.27. The summed E-state index contributed by atoms with van der Waals surface area (Å²) in [6.07, 6.45) is 5.95.